The van der Waals surface area contributed by atoms with Crippen LogP contribution in [0, 0.1) is 11.8 Å². The van der Waals surface area contributed by atoms with E-state index in [9.17, 15) is 4.79 Å². The van der Waals surface area contributed by atoms with Gasteiger partial charge < -0.3 is 4.74 Å². The first-order valence-corrected chi connectivity index (χ1v) is 8.38. The molecule has 2 atom stereocenters. The van der Waals surface area contributed by atoms with Crippen LogP contribution in [0.25, 0.3) is 0 Å². The normalized spacial score (nSPS) is 33.1. The molecule has 0 aromatic heterocycles. The monoisotopic (exact) mass is 300 g/mol. The summed E-state index contributed by atoms with van der Waals surface area (Å²) in [5.74, 6) is 0.956. The average Bonchev–Trinajstić information content (AvgIpc) is 2.77. The van der Waals surface area contributed by atoms with Crippen molar-refractivity contribution in [2.75, 3.05) is 0 Å². The molecule has 2 nitrogen and oxygen atoms in total. The second-order valence-electron chi connectivity index (χ2n) is 6.88. The predicted molar refractivity (Wildman–Crippen MR) is 91.4 cm³/mol. The first-order valence-electron chi connectivity index (χ1n) is 8.38. The van der Waals surface area contributed by atoms with Gasteiger partial charge in [-0.2, -0.15) is 0 Å². The van der Waals surface area contributed by atoms with Crippen LogP contribution in [-0.4, -0.2) is 12.1 Å². The van der Waals surface area contributed by atoms with E-state index in [1.54, 1.807) is 0 Å². The van der Waals surface area contributed by atoms with Crippen LogP contribution in [-0.2, 0) is 9.53 Å². The van der Waals surface area contributed by atoms with E-state index in [4.69, 9.17) is 4.74 Å². The van der Waals surface area contributed by atoms with Crippen molar-refractivity contribution in [2.45, 2.75) is 59.5 Å². The Morgan fingerprint density at radius 2 is 2.00 bits per heavy atom. The SMILES string of the molecule is CC1=C/C/C=C(/C)C[C@@H]2C=C(CC[C@H](C(C)C)/C=C\1)C(=O)O2. The highest BCUT2D eigenvalue weighted by atomic mass is 16.5. The third-order valence-electron chi connectivity index (χ3n) is 4.55. The van der Waals surface area contributed by atoms with Gasteiger partial charge in [0.05, 0.1) is 0 Å². The molecule has 1 aliphatic heterocycles. The Balaban J connectivity index is 2.22. The molecule has 0 spiro atoms. The number of carbonyl (C=O) groups excluding carboxylic acids is 1. The van der Waals surface area contributed by atoms with E-state index < -0.39 is 0 Å². The zero-order valence-corrected chi connectivity index (χ0v) is 14.3. The molecule has 2 rings (SSSR count). The van der Waals surface area contributed by atoms with Gasteiger partial charge >= 0.3 is 5.97 Å². The molecule has 120 valence electrons. The minimum Gasteiger partial charge on any atom is -0.454 e. The molecule has 0 saturated carbocycles. The van der Waals surface area contributed by atoms with Gasteiger partial charge in [-0.05, 0) is 51.0 Å². The molecule has 0 amide bonds. The van der Waals surface area contributed by atoms with Crippen molar-refractivity contribution in [1.82, 2.24) is 0 Å². The fourth-order valence-corrected chi connectivity index (χ4v) is 2.99. The van der Waals surface area contributed by atoms with E-state index in [0.717, 1.165) is 31.3 Å². The molecule has 0 N–H and O–H groups in total. The highest BCUT2D eigenvalue weighted by molar-refractivity contribution is 5.90. The van der Waals surface area contributed by atoms with Crippen molar-refractivity contribution in [3.63, 3.8) is 0 Å². The van der Waals surface area contributed by atoms with Crippen LogP contribution in [0.2, 0.25) is 0 Å². The summed E-state index contributed by atoms with van der Waals surface area (Å²) in [6, 6.07) is 0. The Bertz CT molecular complexity index is 532. The minimum absolute atomic E-state index is 0.0696. The lowest BCUT2D eigenvalue weighted by molar-refractivity contribution is -0.139. The van der Waals surface area contributed by atoms with Crippen molar-refractivity contribution in [3.8, 4) is 0 Å². The second kappa shape index (κ2) is 7.62. The molecule has 22 heavy (non-hydrogen) atoms. The number of esters is 1. The fraction of sp³-hybridized carbons (Fsp3) is 0.550. The summed E-state index contributed by atoms with van der Waals surface area (Å²) in [5.41, 5.74) is 3.45. The minimum atomic E-state index is -0.117. The fourth-order valence-electron chi connectivity index (χ4n) is 2.99. The Kier molecular flexibility index (Phi) is 5.82. The molecule has 0 radical (unpaired) electrons. The Labute approximate surface area is 134 Å². The average molecular weight is 300 g/mol. The lowest BCUT2D eigenvalue weighted by Gasteiger charge is -2.16. The van der Waals surface area contributed by atoms with Gasteiger partial charge in [0.1, 0.15) is 6.10 Å². The molecule has 2 bridgehead atoms. The summed E-state index contributed by atoms with van der Waals surface area (Å²) >= 11 is 0. The molecule has 1 heterocycles. The molecule has 0 aromatic rings. The second-order valence-corrected chi connectivity index (χ2v) is 6.88. The van der Waals surface area contributed by atoms with Gasteiger partial charge in [-0.3, -0.25) is 0 Å². The first kappa shape index (κ1) is 16.8. The Morgan fingerprint density at radius 3 is 2.73 bits per heavy atom. The van der Waals surface area contributed by atoms with Gasteiger partial charge in [-0.15, -0.1) is 0 Å². The van der Waals surface area contributed by atoms with Gasteiger partial charge in [0, 0.05) is 12.0 Å². The summed E-state index contributed by atoms with van der Waals surface area (Å²) < 4.78 is 5.48. The highest BCUT2D eigenvalue weighted by Crippen LogP contribution is 2.27. The lowest BCUT2D eigenvalue weighted by Crippen LogP contribution is -2.10. The zero-order chi connectivity index (χ0) is 16.1. The third kappa shape index (κ3) is 4.72. The number of fused-ring (bicyclic) bond motifs is 1. The third-order valence-corrected chi connectivity index (χ3v) is 4.55. The van der Waals surface area contributed by atoms with Crippen molar-refractivity contribution < 1.29 is 9.53 Å². The van der Waals surface area contributed by atoms with Gasteiger partial charge in [-0.25, -0.2) is 4.79 Å². The molecule has 0 aromatic carbocycles. The van der Waals surface area contributed by atoms with E-state index in [1.807, 2.05) is 6.08 Å². The molecule has 2 heteroatoms. The molecule has 0 fully saturated rings. The Morgan fingerprint density at radius 1 is 1.23 bits per heavy atom. The highest BCUT2D eigenvalue weighted by Gasteiger charge is 2.26. The smallest absolute Gasteiger partial charge is 0.334 e. The number of rotatable bonds is 1. The standard InChI is InChI=1S/C20H28O2/c1-14(2)17-9-8-15(3)6-5-7-16(4)12-19-13-18(11-10-17)20(21)22-19/h6-9,13-14,17,19H,5,10-12H2,1-4H3/b9-8-,15-6-,16-7-/t17-,19-/m1/s1. The summed E-state index contributed by atoms with van der Waals surface area (Å²) in [6.45, 7) is 8.75. The topological polar surface area (TPSA) is 26.3 Å². The number of ether oxygens (including phenoxy) is 1. The van der Waals surface area contributed by atoms with Crippen LogP contribution in [0.15, 0.2) is 47.1 Å². The van der Waals surface area contributed by atoms with E-state index in [-0.39, 0.29) is 12.1 Å². The van der Waals surface area contributed by atoms with Crippen LogP contribution in [0.5, 0.6) is 0 Å². The van der Waals surface area contributed by atoms with Crippen molar-refractivity contribution in [1.29, 1.82) is 0 Å². The van der Waals surface area contributed by atoms with Crippen molar-refractivity contribution in [2.24, 2.45) is 11.8 Å². The molecule has 0 saturated heterocycles. The quantitative estimate of drug-likeness (QED) is 0.495. The van der Waals surface area contributed by atoms with Crippen LogP contribution < -0.4 is 0 Å². The zero-order valence-electron chi connectivity index (χ0n) is 14.3. The number of hydrogen-bond donors (Lipinski definition) is 0. The number of carbonyl (C=O) groups is 1. The van der Waals surface area contributed by atoms with Crippen LogP contribution in [0.3, 0.4) is 0 Å². The van der Waals surface area contributed by atoms with Crippen LogP contribution in [0.1, 0.15) is 53.4 Å². The number of allylic oxidation sites excluding steroid dienone is 5. The van der Waals surface area contributed by atoms with Crippen LogP contribution >= 0.6 is 0 Å². The summed E-state index contributed by atoms with van der Waals surface area (Å²) in [4.78, 5) is 12.0. The summed E-state index contributed by atoms with van der Waals surface area (Å²) in [5, 5.41) is 0. The largest absolute Gasteiger partial charge is 0.454 e. The van der Waals surface area contributed by atoms with E-state index in [0.29, 0.717) is 11.8 Å². The molecule has 0 unspecified atom stereocenters. The first-order chi connectivity index (χ1) is 10.5. The van der Waals surface area contributed by atoms with Crippen LogP contribution in [0.4, 0.5) is 0 Å². The maximum atomic E-state index is 12.0. The summed E-state index contributed by atoms with van der Waals surface area (Å²) in [7, 11) is 0. The van der Waals surface area contributed by atoms with Crippen molar-refractivity contribution >= 4 is 5.97 Å². The Hall–Kier alpha value is -1.57. The maximum Gasteiger partial charge on any atom is 0.334 e. The van der Waals surface area contributed by atoms with E-state index in [1.165, 1.54) is 11.1 Å². The molecular formula is C20H28O2. The molecule has 2 aliphatic rings. The molecular weight excluding hydrogens is 272 g/mol. The van der Waals surface area contributed by atoms with E-state index in [2.05, 4.69) is 52.0 Å². The summed E-state index contributed by atoms with van der Waals surface area (Å²) in [6.07, 6.45) is 14.5. The molecule has 1 aliphatic carbocycles. The number of hydrogen-bond acceptors (Lipinski definition) is 2. The predicted octanol–water partition coefficient (Wildman–Crippen LogP) is 5.13. The maximum absolute atomic E-state index is 12.0. The van der Waals surface area contributed by atoms with Gasteiger partial charge in [0.15, 0.2) is 0 Å². The van der Waals surface area contributed by atoms with Crippen molar-refractivity contribution in [3.05, 3.63) is 47.1 Å². The van der Waals surface area contributed by atoms with Gasteiger partial charge in [-0.1, -0.05) is 49.3 Å². The lowest BCUT2D eigenvalue weighted by atomic mass is 9.88. The van der Waals surface area contributed by atoms with Gasteiger partial charge in [0.2, 0.25) is 0 Å². The van der Waals surface area contributed by atoms with Gasteiger partial charge in [0.25, 0.3) is 0 Å². The van der Waals surface area contributed by atoms with E-state index >= 15 is 0 Å².